The number of nitrogens with one attached hydrogen (secondary N) is 2. The third kappa shape index (κ3) is 5.03. The first-order valence-corrected chi connectivity index (χ1v) is 6.79. The van der Waals surface area contributed by atoms with Crippen molar-refractivity contribution in [1.82, 2.24) is 0 Å². The highest BCUT2D eigenvalue weighted by atomic mass is 32.2. The molecule has 0 unspecified atom stereocenters. The zero-order valence-corrected chi connectivity index (χ0v) is 10.1. The van der Waals surface area contributed by atoms with Crippen LogP contribution in [0.15, 0.2) is 24.3 Å². The highest BCUT2D eigenvalue weighted by molar-refractivity contribution is 7.92. The maximum Gasteiger partial charge on any atom is 0.234 e. The summed E-state index contributed by atoms with van der Waals surface area (Å²) in [6, 6.07) is 6.61. The molecule has 1 aromatic carbocycles. The molecule has 0 fully saturated rings. The van der Waals surface area contributed by atoms with Gasteiger partial charge in [-0.1, -0.05) is 0 Å². The largest absolute Gasteiger partial charge is 0.395 e. The molecule has 17 heavy (non-hydrogen) atoms. The topological polar surface area (TPSA) is 98.7 Å². The van der Waals surface area contributed by atoms with Gasteiger partial charge in [0.15, 0.2) is 0 Å². The number of aliphatic hydroxyl groups is 2. The fraction of sp³-hybridized carbons (Fsp3) is 0.400. The lowest BCUT2D eigenvalue weighted by molar-refractivity contribution is 0.311. The van der Waals surface area contributed by atoms with Crippen LogP contribution in [0.2, 0.25) is 0 Å². The van der Waals surface area contributed by atoms with Crippen molar-refractivity contribution in [3.8, 4) is 0 Å². The normalized spacial score (nSPS) is 11.2. The summed E-state index contributed by atoms with van der Waals surface area (Å²) in [4.78, 5) is 0. The summed E-state index contributed by atoms with van der Waals surface area (Å²) in [6.45, 7) is 0.0614. The Morgan fingerprint density at radius 1 is 1.00 bits per heavy atom. The first-order valence-electron chi connectivity index (χ1n) is 5.13. The molecule has 0 aliphatic heterocycles. The van der Waals surface area contributed by atoms with Crippen molar-refractivity contribution < 1.29 is 18.6 Å². The van der Waals surface area contributed by atoms with Crippen LogP contribution >= 0.6 is 0 Å². The predicted molar refractivity (Wildman–Crippen MR) is 66.5 cm³/mol. The zero-order chi connectivity index (χ0) is 12.7. The van der Waals surface area contributed by atoms with E-state index in [9.17, 15) is 8.42 Å². The molecule has 1 aromatic rings. The second kappa shape index (κ2) is 6.43. The molecule has 0 aromatic heterocycles. The van der Waals surface area contributed by atoms with Gasteiger partial charge in [-0.25, -0.2) is 8.42 Å². The van der Waals surface area contributed by atoms with Gasteiger partial charge < -0.3 is 15.5 Å². The van der Waals surface area contributed by atoms with Crippen LogP contribution in [-0.2, 0) is 10.0 Å². The van der Waals surface area contributed by atoms with E-state index in [0.29, 0.717) is 12.2 Å². The van der Waals surface area contributed by atoms with Crippen molar-refractivity contribution >= 4 is 21.4 Å². The molecule has 0 aliphatic rings. The van der Waals surface area contributed by atoms with Crippen molar-refractivity contribution in [1.29, 1.82) is 0 Å². The van der Waals surface area contributed by atoms with Gasteiger partial charge in [0.2, 0.25) is 10.0 Å². The Balaban J connectivity index is 2.62. The number of anilines is 2. The van der Waals surface area contributed by atoms with Gasteiger partial charge in [-0.2, -0.15) is 0 Å². The second-order valence-corrected chi connectivity index (χ2v) is 5.21. The summed E-state index contributed by atoms with van der Waals surface area (Å²) >= 11 is 0. The van der Waals surface area contributed by atoms with Gasteiger partial charge >= 0.3 is 0 Å². The van der Waals surface area contributed by atoms with E-state index < -0.39 is 16.6 Å². The van der Waals surface area contributed by atoms with Crippen molar-refractivity contribution in [3.05, 3.63) is 24.3 Å². The highest BCUT2D eigenvalue weighted by Gasteiger charge is 2.08. The number of rotatable bonds is 7. The molecule has 4 N–H and O–H groups in total. The van der Waals surface area contributed by atoms with Crippen molar-refractivity contribution in [2.75, 3.05) is 35.6 Å². The molecular weight excluding hydrogens is 244 g/mol. The van der Waals surface area contributed by atoms with Gasteiger partial charge in [-0.15, -0.1) is 0 Å². The maximum absolute atomic E-state index is 11.3. The molecule has 1 rings (SSSR count). The fourth-order valence-corrected chi connectivity index (χ4v) is 2.04. The van der Waals surface area contributed by atoms with Crippen LogP contribution in [0, 0.1) is 0 Å². The molecule has 0 amide bonds. The number of hydrogen-bond donors (Lipinski definition) is 4. The third-order valence-corrected chi connectivity index (χ3v) is 3.23. The molecule has 0 spiro atoms. The van der Waals surface area contributed by atoms with Crippen LogP contribution in [0.5, 0.6) is 0 Å². The number of aliphatic hydroxyl groups excluding tert-OH is 2. The van der Waals surface area contributed by atoms with Crippen LogP contribution in [0.25, 0.3) is 0 Å². The molecular formula is C10H16N2O4S. The smallest absolute Gasteiger partial charge is 0.234 e. The van der Waals surface area contributed by atoms with E-state index >= 15 is 0 Å². The lowest BCUT2D eigenvalue weighted by Crippen LogP contribution is -2.18. The molecule has 0 bridgehead atoms. The molecule has 0 atom stereocenters. The number of hydrogen-bond acceptors (Lipinski definition) is 5. The van der Waals surface area contributed by atoms with Gasteiger partial charge in [0, 0.05) is 17.9 Å². The number of benzene rings is 1. The Kier molecular flexibility index (Phi) is 5.20. The monoisotopic (exact) mass is 260 g/mol. The second-order valence-electron chi connectivity index (χ2n) is 3.37. The summed E-state index contributed by atoms with van der Waals surface area (Å²) < 4.78 is 25.0. The van der Waals surface area contributed by atoms with Gasteiger partial charge in [-0.3, -0.25) is 4.72 Å². The Morgan fingerprint density at radius 3 is 2.12 bits per heavy atom. The van der Waals surface area contributed by atoms with Crippen LogP contribution < -0.4 is 10.0 Å². The first kappa shape index (κ1) is 13.8. The van der Waals surface area contributed by atoms with Crippen molar-refractivity contribution in [3.63, 3.8) is 0 Å². The third-order valence-electron chi connectivity index (χ3n) is 1.96. The average Bonchev–Trinajstić information content (AvgIpc) is 2.27. The molecule has 96 valence electrons. The Hall–Kier alpha value is -1.31. The maximum atomic E-state index is 11.3. The van der Waals surface area contributed by atoms with E-state index in [1.54, 1.807) is 24.3 Å². The van der Waals surface area contributed by atoms with Gasteiger partial charge in [0.25, 0.3) is 0 Å². The van der Waals surface area contributed by atoms with E-state index in [-0.39, 0.29) is 12.4 Å². The van der Waals surface area contributed by atoms with Gasteiger partial charge in [0.1, 0.15) is 0 Å². The van der Waals surface area contributed by atoms with Crippen molar-refractivity contribution in [2.45, 2.75) is 0 Å². The minimum Gasteiger partial charge on any atom is -0.395 e. The summed E-state index contributed by atoms with van der Waals surface area (Å²) in [7, 11) is -3.47. The summed E-state index contributed by atoms with van der Waals surface area (Å²) in [5, 5.41) is 20.1. The van der Waals surface area contributed by atoms with Crippen LogP contribution in [-0.4, -0.2) is 44.1 Å². The van der Waals surface area contributed by atoms with Gasteiger partial charge in [0.05, 0.1) is 19.0 Å². The van der Waals surface area contributed by atoms with Crippen LogP contribution in [0.1, 0.15) is 0 Å². The SMILES string of the molecule is O=S(=O)(CCO)Nc1ccc(NCCO)cc1. The summed E-state index contributed by atoms with van der Waals surface area (Å²) in [6.07, 6.45) is 0. The molecule has 7 heteroatoms. The molecule has 0 aliphatic carbocycles. The Bertz CT molecular complexity index is 430. The molecule has 0 saturated heterocycles. The Morgan fingerprint density at radius 2 is 1.59 bits per heavy atom. The van der Waals surface area contributed by atoms with Crippen LogP contribution in [0.3, 0.4) is 0 Å². The average molecular weight is 260 g/mol. The Labute approximate surface area is 100 Å². The lowest BCUT2D eigenvalue weighted by Gasteiger charge is -2.08. The predicted octanol–water partition coefficient (Wildman–Crippen LogP) is -0.175. The molecule has 0 radical (unpaired) electrons. The highest BCUT2D eigenvalue weighted by Crippen LogP contribution is 2.14. The van der Waals surface area contributed by atoms with Crippen LogP contribution in [0.4, 0.5) is 11.4 Å². The van der Waals surface area contributed by atoms with Gasteiger partial charge in [-0.05, 0) is 24.3 Å². The van der Waals surface area contributed by atoms with E-state index in [0.717, 1.165) is 5.69 Å². The molecule has 6 nitrogen and oxygen atoms in total. The molecule has 0 heterocycles. The standard InChI is InChI=1S/C10H16N2O4S/c13-6-5-11-9-1-3-10(4-2-9)12-17(15,16)8-7-14/h1-4,11-14H,5-8H2. The molecule has 0 saturated carbocycles. The fourth-order valence-electron chi connectivity index (χ4n) is 1.21. The summed E-state index contributed by atoms with van der Waals surface area (Å²) in [5.74, 6) is -0.322. The summed E-state index contributed by atoms with van der Waals surface area (Å²) in [5.41, 5.74) is 1.23. The lowest BCUT2D eigenvalue weighted by atomic mass is 10.3. The van der Waals surface area contributed by atoms with E-state index in [4.69, 9.17) is 10.2 Å². The van der Waals surface area contributed by atoms with E-state index in [1.165, 1.54) is 0 Å². The number of sulfonamides is 1. The first-order chi connectivity index (χ1) is 8.07. The minimum absolute atomic E-state index is 0.0326. The van der Waals surface area contributed by atoms with Crippen molar-refractivity contribution in [2.24, 2.45) is 0 Å². The quantitative estimate of drug-likeness (QED) is 0.545. The van der Waals surface area contributed by atoms with E-state index in [2.05, 4.69) is 10.0 Å². The van der Waals surface area contributed by atoms with E-state index in [1.807, 2.05) is 0 Å². The minimum atomic E-state index is -3.47. The zero-order valence-electron chi connectivity index (χ0n) is 9.26.